The zero-order chi connectivity index (χ0) is 11.6. The summed E-state index contributed by atoms with van der Waals surface area (Å²) in [5.74, 6) is -2.51. The molecular formula is C10H7NO4. The van der Waals surface area contributed by atoms with Gasteiger partial charge in [0.1, 0.15) is 6.07 Å². The second kappa shape index (κ2) is 3.80. The van der Waals surface area contributed by atoms with Crippen molar-refractivity contribution < 1.29 is 19.8 Å². The maximum Gasteiger partial charge on any atom is 0.337 e. The number of hydrogen-bond donors (Lipinski definition) is 2. The molecule has 0 unspecified atom stereocenters. The maximum atomic E-state index is 10.8. The lowest BCUT2D eigenvalue weighted by atomic mass is 9.97. The quantitative estimate of drug-likeness (QED) is 0.757. The Kier molecular flexibility index (Phi) is 2.72. The molecule has 0 aromatic heterocycles. The first-order chi connectivity index (χ1) is 6.99. The number of hydrogen-bond acceptors (Lipinski definition) is 3. The summed E-state index contributed by atoms with van der Waals surface area (Å²) < 4.78 is 0. The lowest BCUT2D eigenvalue weighted by molar-refractivity contribution is 0.0695. The van der Waals surface area contributed by atoms with Crippen LogP contribution in [-0.4, -0.2) is 22.2 Å². The van der Waals surface area contributed by atoms with Gasteiger partial charge in [-0.05, 0) is 24.6 Å². The lowest BCUT2D eigenvalue weighted by Gasteiger charge is -2.06. The molecule has 0 fully saturated rings. The van der Waals surface area contributed by atoms with Gasteiger partial charge in [-0.1, -0.05) is 0 Å². The Morgan fingerprint density at radius 2 is 1.87 bits per heavy atom. The van der Waals surface area contributed by atoms with Crippen molar-refractivity contribution in [3.05, 3.63) is 34.4 Å². The molecule has 0 aliphatic rings. The van der Waals surface area contributed by atoms with Crippen LogP contribution in [0.2, 0.25) is 0 Å². The van der Waals surface area contributed by atoms with Gasteiger partial charge in [0.25, 0.3) is 0 Å². The van der Waals surface area contributed by atoms with E-state index < -0.39 is 11.9 Å². The van der Waals surface area contributed by atoms with Crippen molar-refractivity contribution >= 4 is 11.9 Å². The molecule has 2 N–H and O–H groups in total. The SMILES string of the molecule is Cc1c(C(=O)O)ccc(C#N)c1C(=O)O. The third-order valence-electron chi connectivity index (χ3n) is 2.03. The van der Waals surface area contributed by atoms with Gasteiger partial charge >= 0.3 is 11.9 Å². The summed E-state index contributed by atoms with van der Waals surface area (Å²) in [4.78, 5) is 21.6. The van der Waals surface area contributed by atoms with Crippen LogP contribution in [0.25, 0.3) is 0 Å². The van der Waals surface area contributed by atoms with E-state index in [0.717, 1.165) is 0 Å². The fourth-order valence-electron chi connectivity index (χ4n) is 1.31. The Morgan fingerprint density at radius 1 is 1.27 bits per heavy atom. The topological polar surface area (TPSA) is 98.4 Å². The highest BCUT2D eigenvalue weighted by atomic mass is 16.4. The molecule has 0 radical (unpaired) electrons. The summed E-state index contributed by atoms with van der Waals surface area (Å²) in [6.45, 7) is 1.37. The van der Waals surface area contributed by atoms with Crippen LogP contribution in [-0.2, 0) is 0 Å². The zero-order valence-corrected chi connectivity index (χ0v) is 7.81. The van der Waals surface area contributed by atoms with Gasteiger partial charge < -0.3 is 10.2 Å². The summed E-state index contributed by atoms with van der Waals surface area (Å²) in [6, 6.07) is 4.13. The number of aromatic carboxylic acids is 2. The fourth-order valence-corrected chi connectivity index (χ4v) is 1.31. The van der Waals surface area contributed by atoms with E-state index in [1.807, 2.05) is 0 Å². The molecule has 1 rings (SSSR count). The van der Waals surface area contributed by atoms with Crippen LogP contribution in [0.3, 0.4) is 0 Å². The second-order valence-corrected chi connectivity index (χ2v) is 2.88. The van der Waals surface area contributed by atoms with Crippen LogP contribution in [0.4, 0.5) is 0 Å². The number of carboxylic acids is 2. The molecule has 0 saturated carbocycles. The molecule has 5 nitrogen and oxygen atoms in total. The standard InChI is InChI=1S/C10H7NO4/c1-5-7(9(12)13)3-2-6(4-11)8(5)10(14)15/h2-3H,1H3,(H,12,13)(H,14,15). The van der Waals surface area contributed by atoms with Crippen LogP contribution in [0.5, 0.6) is 0 Å². The number of rotatable bonds is 2. The lowest BCUT2D eigenvalue weighted by Crippen LogP contribution is -2.09. The average Bonchev–Trinajstić information content (AvgIpc) is 2.15. The smallest absolute Gasteiger partial charge is 0.337 e. The largest absolute Gasteiger partial charge is 0.478 e. The van der Waals surface area contributed by atoms with Crippen LogP contribution >= 0.6 is 0 Å². The molecule has 0 aliphatic heterocycles. The van der Waals surface area contributed by atoms with Gasteiger partial charge in [0, 0.05) is 0 Å². The third kappa shape index (κ3) is 1.79. The highest BCUT2D eigenvalue weighted by Gasteiger charge is 2.18. The summed E-state index contributed by atoms with van der Waals surface area (Å²) >= 11 is 0. The van der Waals surface area contributed by atoms with E-state index in [1.165, 1.54) is 19.1 Å². The molecule has 0 aliphatic carbocycles. The summed E-state index contributed by atoms with van der Waals surface area (Å²) in [6.07, 6.45) is 0. The predicted molar refractivity (Wildman–Crippen MR) is 49.8 cm³/mol. The summed E-state index contributed by atoms with van der Waals surface area (Å²) in [5.41, 5.74) is -0.303. The molecule has 0 bridgehead atoms. The van der Waals surface area contributed by atoms with Gasteiger partial charge in [0.05, 0.1) is 16.7 Å². The summed E-state index contributed by atoms with van der Waals surface area (Å²) in [5, 5.41) is 26.3. The fraction of sp³-hybridized carbons (Fsp3) is 0.100. The van der Waals surface area contributed by atoms with Crippen molar-refractivity contribution in [3.63, 3.8) is 0 Å². The van der Waals surface area contributed by atoms with Crippen molar-refractivity contribution in [2.75, 3.05) is 0 Å². The van der Waals surface area contributed by atoms with Gasteiger partial charge in [-0.3, -0.25) is 0 Å². The first-order valence-electron chi connectivity index (χ1n) is 3.99. The number of benzene rings is 1. The molecule has 0 amide bonds. The third-order valence-corrected chi connectivity index (χ3v) is 2.03. The number of carbonyl (C=O) groups is 2. The summed E-state index contributed by atoms with van der Waals surface area (Å²) in [7, 11) is 0. The van der Waals surface area contributed by atoms with Crippen molar-refractivity contribution in [2.24, 2.45) is 0 Å². The Hall–Kier alpha value is -2.35. The molecule has 0 spiro atoms. The van der Waals surface area contributed by atoms with E-state index >= 15 is 0 Å². The Bertz CT molecular complexity index is 485. The van der Waals surface area contributed by atoms with E-state index in [2.05, 4.69) is 0 Å². The van der Waals surface area contributed by atoms with Gasteiger partial charge in [-0.2, -0.15) is 5.26 Å². The molecule has 1 aromatic rings. The van der Waals surface area contributed by atoms with Crippen molar-refractivity contribution in [2.45, 2.75) is 6.92 Å². The van der Waals surface area contributed by atoms with Crippen molar-refractivity contribution in [1.29, 1.82) is 5.26 Å². The van der Waals surface area contributed by atoms with Gasteiger partial charge in [0.2, 0.25) is 0 Å². The molecule has 15 heavy (non-hydrogen) atoms. The van der Waals surface area contributed by atoms with Crippen molar-refractivity contribution in [1.82, 2.24) is 0 Å². The van der Waals surface area contributed by atoms with Crippen LogP contribution < -0.4 is 0 Å². The molecule has 76 valence electrons. The minimum absolute atomic E-state index is 0.0370. The molecule has 0 atom stereocenters. The Morgan fingerprint density at radius 3 is 2.27 bits per heavy atom. The minimum atomic E-state index is -1.30. The molecule has 0 heterocycles. The number of nitriles is 1. The van der Waals surface area contributed by atoms with E-state index in [1.54, 1.807) is 6.07 Å². The first-order valence-corrected chi connectivity index (χ1v) is 3.99. The van der Waals surface area contributed by atoms with Gasteiger partial charge in [-0.15, -0.1) is 0 Å². The van der Waals surface area contributed by atoms with Crippen LogP contribution in [0, 0.1) is 18.3 Å². The molecule has 5 heteroatoms. The van der Waals surface area contributed by atoms with E-state index in [4.69, 9.17) is 15.5 Å². The van der Waals surface area contributed by atoms with E-state index in [0.29, 0.717) is 0 Å². The zero-order valence-electron chi connectivity index (χ0n) is 7.81. The normalized spacial score (nSPS) is 9.33. The van der Waals surface area contributed by atoms with Gasteiger partial charge in [0.15, 0.2) is 0 Å². The Balaban J connectivity index is 3.58. The second-order valence-electron chi connectivity index (χ2n) is 2.88. The van der Waals surface area contributed by atoms with Gasteiger partial charge in [-0.25, -0.2) is 9.59 Å². The molecule has 0 saturated heterocycles. The maximum absolute atomic E-state index is 10.8. The highest BCUT2D eigenvalue weighted by Crippen LogP contribution is 2.18. The molecular weight excluding hydrogens is 198 g/mol. The first kappa shape index (κ1) is 10.7. The monoisotopic (exact) mass is 205 g/mol. The van der Waals surface area contributed by atoms with Crippen LogP contribution in [0.15, 0.2) is 12.1 Å². The van der Waals surface area contributed by atoms with E-state index in [9.17, 15) is 9.59 Å². The van der Waals surface area contributed by atoms with Crippen LogP contribution in [0.1, 0.15) is 31.8 Å². The highest BCUT2D eigenvalue weighted by molar-refractivity contribution is 5.98. The number of carboxylic acid groups (broad SMARTS) is 2. The predicted octanol–water partition coefficient (Wildman–Crippen LogP) is 1.26. The minimum Gasteiger partial charge on any atom is -0.478 e. The van der Waals surface area contributed by atoms with E-state index in [-0.39, 0.29) is 22.3 Å². The Labute approximate surface area is 85.2 Å². The van der Waals surface area contributed by atoms with Crippen molar-refractivity contribution in [3.8, 4) is 6.07 Å². The molecule has 1 aromatic carbocycles. The average molecular weight is 205 g/mol. The number of nitrogens with zero attached hydrogens (tertiary/aromatic N) is 1.